The van der Waals surface area contributed by atoms with Crippen LogP contribution in [0.2, 0.25) is 0 Å². The first kappa shape index (κ1) is 22.1. The predicted molar refractivity (Wildman–Crippen MR) is 123 cm³/mol. The molecule has 0 unspecified atom stereocenters. The molecule has 2 aromatic rings. The Kier molecular flexibility index (Phi) is 7.54. The van der Waals surface area contributed by atoms with Crippen molar-refractivity contribution in [3.05, 3.63) is 48.0 Å². The molecule has 0 saturated heterocycles. The fourth-order valence-corrected chi connectivity index (χ4v) is 5.95. The van der Waals surface area contributed by atoms with Crippen LogP contribution in [0.1, 0.15) is 45.4 Å². The fourth-order valence-electron chi connectivity index (χ4n) is 3.29. The second kappa shape index (κ2) is 9.91. The van der Waals surface area contributed by atoms with E-state index in [4.69, 9.17) is 9.47 Å². The van der Waals surface area contributed by atoms with E-state index < -0.39 is 0 Å². The van der Waals surface area contributed by atoms with Crippen molar-refractivity contribution >= 4 is 66.8 Å². The number of carbonyl (C=O) groups excluding carboxylic acids is 2. The van der Waals surface area contributed by atoms with E-state index in [9.17, 15) is 9.59 Å². The second-order valence-corrected chi connectivity index (χ2v) is 9.34. The summed E-state index contributed by atoms with van der Waals surface area (Å²) >= 11 is 8.33. The standard InChI is InChI=1S/C21H21Br2NO4S/c1-3-28-21(26)20-18(14-6-4-5-7-16(14)29-20)24-17(25)9-8-12-10-13(22)11-15(23)19(12)27-2/h8-11H,3-7H2,1-2H3,(H,24,25). The molecule has 0 radical (unpaired) electrons. The van der Waals surface area contributed by atoms with Gasteiger partial charge in [0, 0.05) is 21.0 Å². The highest BCUT2D eigenvalue weighted by atomic mass is 79.9. The molecule has 5 nitrogen and oxygen atoms in total. The maximum absolute atomic E-state index is 12.7. The van der Waals surface area contributed by atoms with Gasteiger partial charge in [-0.05, 0) is 72.3 Å². The van der Waals surface area contributed by atoms with Crippen LogP contribution in [-0.2, 0) is 22.4 Å². The number of ether oxygens (including phenoxy) is 2. The Balaban J connectivity index is 1.87. The summed E-state index contributed by atoms with van der Waals surface area (Å²) in [5.41, 5.74) is 2.41. The molecule has 0 saturated carbocycles. The maximum atomic E-state index is 12.7. The lowest BCUT2D eigenvalue weighted by atomic mass is 9.97. The molecule has 0 spiro atoms. The van der Waals surface area contributed by atoms with Crippen LogP contribution < -0.4 is 10.1 Å². The molecule has 154 valence electrons. The summed E-state index contributed by atoms with van der Waals surface area (Å²) in [6.07, 6.45) is 7.07. The van der Waals surface area contributed by atoms with E-state index in [1.807, 2.05) is 12.1 Å². The first-order valence-electron chi connectivity index (χ1n) is 9.28. The Hall–Kier alpha value is -1.64. The Morgan fingerprint density at radius 1 is 1.24 bits per heavy atom. The van der Waals surface area contributed by atoms with Crippen molar-refractivity contribution in [2.75, 3.05) is 19.0 Å². The zero-order valence-corrected chi connectivity index (χ0v) is 20.1. The highest BCUT2D eigenvalue weighted by Gasteiger charge is 2.26. The van der Waals surface area contributed by atoms with E-state index in [1.54, 1.807) is 20.1 Å². The molecule has 29 heavy (non-hydrogen) atoms. The van der Waals surface area contributed by atoms with Crippen molar-refractivity contribution in [1.29, 1.82) is 0 Å². The average Bonchev–Trinajstić information content (AvgIpc) is 3.05. The Morgan fingerprint density at radius 2 is 2.00 bits per heavy atom. The third-order valence-electron chi connectivity index (χ3n) is 4.54. The Bertz CT molecular complexity index is 968. The molecule has 1 heterocycles. The summed E-state index contributed by atoms with van der Waals surface area (Å²) in [5, 5.41) is 2.91. The Morgan fingerprint density at radius 3 is 2.72 bits per heavy atom. The number of rotatable bonds is 6. The van der Waals surface area contributed by atoms with Crippen LogP contribution in [0.4, 0.5) is 5.69 Å². The van der Waals surface area contributed by atoms with Gasteiger partial charge in [0.25, 0.3) is 0 Å². The van der Waals surface area contributed by atoms with E-state index in [2.05, 4.69) is 37.2 Å². The van der Waals surface area contributed by atoms with Gasteiger partial charge in [0.15, 0.2) is 0 Å². The van der Waals surface area contributed by atoms with Gasteiger partial charge in [-0.1, -0.05) is 15.9 Å². The maximum Gasteiger partial charge on any atom is 0.350 e. The molecule has 1 aliphatic carbocycles. The number of amides is 1. The number of methoxy groups -OCH3 is 1. The van der Waals surface area contributed by atoms with Gasteiger partial charge in [-0.15, -0.1) is 11.3 Å². The van der Waals surface area contributed by atoms with E-state index in [-0.39, 0.29) is 11.9 Å². The normalized spacial score (nSPS) is 13.2. The summed E-state index contributed by atoms with van der Waals surface area (Å²) in [7, 11) is 1.58. The Labute approximate surface area is 190 Å². The summed E-state index contributed by atoms with van der Waals surface area (Å²) in [4.78, 5) is 26.7. The molecule has 3 rings (SSSR count). The number of nitrogens with one attached hydrogen (secondary N) is 1. The van der Waals surface area contributed by atoms with Gasteiger partial charge in [-0.3, -0.25) is 4.79 Å². The van der Waals surface area contributed by atoms with Crippen molar-refractivity contribution < 1.29 is 19.1 Å². The second-order valence-electron chi connectivity index (χ2n) is 6.47. The molecule has 1 aromatic heterocycles. The lowest BCUT2D eigenvalue weighted by Gasteiger charge is -2.13. The van der Waals surface area contributed by atoms with Gasteiger partial charge in [-0.25, -0.2) is 4.79 Å². The highest BCUT2D eigenvalue weighted by Crippen LogP contribution is 2.39. The number of aryl methyl sites for hydroxylation is 1. The van der Waals surface area contributed by atoms with Crippen molar-refractivity contribution in [2.24, 2.45) is 0 Å². The molecule has 8 heteroatoms. The van der Waals surface area contributed by atoms with Gasteiger partial charge >= 0.3 is 5.97 Å². The zero-order valence-electron chi connectivity index (χ0n) is 16.1. The number of esters is 1. The smallest absolute Gasteiger partial charge is 0.350 e. The van der Waals surface area contributed by atoms with Gasteiger partial charge in [0.05, 0.1) is 23.9 Å². The van der Waals surface area contributed by atoms with Crippen molar-refractivity contribution in [1.82, 2.24) is 0 Å². The monoisotopic (exact) mass is 541 g/mol. The molecule has 1 N–H and O–H groups in total. The quantitative estimate of drug-likeness (QED) is 0.359. The molecule has 1 aromatic carbocycles. The van der Waals surface area contributed by atoms with E-state index in [0.29, 0.717) is 22.9 Å². The molecule has 0 atom stereocenters. The molecule has 0 fully saturated rings. The summed E-state index contributed by atoms with van der Waals surface area (Å²) in [6, 6.07) is 3.74. The average molecular weight is 543 g/mol. The van der Waals surface area contributed by atoms with E-state index in [1.165, 1.54) is 17.4 Å². The van der Waals surface area contributed by atoms with Crippen LogP contribution in [-0.4, -0.2) is 25.6 Å². The van der Waals surface area contributed by atoms with E-state index >= 15 is 0 Å². The molecule has 1 aliphatic rings. The first-order chi connectivity index (χ1) is 13.9. The number of benzene rings is 1. The SMILES string of the molecule is CCOC(=O)c1sc2c(c1NC(=O)C=Cc1cc(Br)cc(Br)c1OC)CCCC2. The summed E-state index contributed by atoms with van der Waals surface area (Å²) < 4.78 is 12.2. The first-order valence-corrected chi connectivity index (χ1v) is 11.7. The number of hydrogen-bond acceptors (Lipinski definition) is 5. The van der Waals surface area contributed by atoms with Crippen LogP contribution in [0.25, 0.3) is 6.08 Å². The van der Waals surface area contributed by atoms with Crippen molar-refractivity contribution in [2.45, 2.75) is 32.6 Å². The predicted octanol–water partition coefficient (Wildman–Crippen LogP) is 5.99. The van der Waals surface area contributed by atoms with Crippen molar-refractivity contribution in [3.63, 3.8) is 0 Å². The molecular weight excluding hydrogens is 522 g/mol. The topological polar surface area (TPSA) is 64.6 Å². The third kappa shape index (κ3) is 5.10. The third-order valence-corrected chi connectivity index (χ3v) is 6.85. The minimum absolute atomic E-state index is 0.298. The minimum atomic E-state index is -0.385. The number of carbonyl (C=O) groups is 2. The van der Waals surface area contributed by atoms with Gasteiger partial charge in [0.1, 0.15) is 10.6 Å². The lowest BCUT2D eigenvalue weighted by Crippen LogP contribution is -2.14. The molecule has 0 bridgehead atoms. The number of thiophene rings is 1. The number of halogens is 2. The highest BCUT2D eigenvalue weighted by molar-refractivity contribution is 9.11. The van der Waals surface area contributed by atoms with Gasteiger partial charge in [0.2, 0.25) is 5.91 Å². The number of fused-ring (bicyclic) bond motifs is 1. The molecular formula is C21H21Br2NO4S. The zero-order chi connectivity index (χ0) is 21.0. The van der Waals surface area contributed by atoms with Crippen LogP contribution in [0.5, 0.6) is 5.75 Å². The largest absolute Gasteiger partial charge is 0.495 e. The lowest BCUT2D eigenvalue weighted by molar-refractivity contribution is -0.111. The number of anilines is 1. The van der Waals surface area contributed by atoms with Crippen LogP contribution in [0.3, 0.4) is 0 Å². The van der Waals surface area contributed by atoms with Crippen LogP contribution >= 0.6 is 43.2 Å². The molecule has 1 amide bonds. The van der Waals surface area contributed by atoms with Gasteiger partial charge < -0.3 is 14.8 Å². The van der Waals surface area contributed by atoms with Gasteiger partial charge in [-0.2, -0.15) is 0 Å². The van der Waals surface area contributed by atoms with Crippen LogP contribution in [0, 0.1) is 0 Å². The minimum Gasteiger partial charge on any atom is -0.495 e. The molecule has 0 aliphatic heterocycles. The van der Waals surface area contributed by atoms with Crippen LogP contribution in [0.15, 0.2) is 27.2 Å². The summed E-state index contributed by atoms with van der Waals surface area (Å²) in [5.74, 6) is -0.0546. The van der Waals surface area contributed by atoms with Crippen molar-refractivity contribution in [3.8, 4) is 5.75 Å². The fraction of sp³-hybridized carbons (Fsp3) is 0.333. The summed E-state index contributed by atoms with van der Waals surface area (Å²) in [6.45, 7) is 2.07. The number of hydrogen-bond donors (Lipinski definition) is 1. The van der Waals surface area contributed by atoms with E-state index in [0.717, 1.165) is 50.6 Å².